The van der Waals surface area contributed by atoms with Gasteiger partial charge in [0.25, 0.3) is 0 Å². The highest BCUT2D eigenvalue weighted by Crippen LogP contribution is 2.26. The molecule has 0 radical (unpaired) electrons. The zero-order valence-electron chi connectivity index (χ0n) is 16.0. The lowest BCUT2D eigenvalue weighted by atomic mass is 10.1. The van der Waals surface area contributed by atoms with Gasteiger partial charge in [-0.15, -0.1) is 10.2 Å². The molecule has 1 N–H and O–H groups in total. The van der Waals surface area contributed by atoms with E-state index in [-0.39, 0.29) is 12.0 Å². The van der Waals surface area contributed by atoms with Crippen molar-refractivity contribution in [3.63, 3.8) is 0 Å². The standard InChI is InChI=1S/C19H28N4O2S/c1-5-23-18(16-10-7-6-9-15(16)4)21-22-19(23)26-13-17(24)20-11-8-12-25-14(2)3/h6-7,9-10,14H,5,8,11-13H2,1-4H3,(H,20,24). The van der Waals surface area contributed by atoms with Crippen LogP contribution in [-0.4, -0.2) is 45.7 Å². The molecule has 0 atom stereocenters. The predicted molar refractivity (Wildman–Crippen MR) is 105 cm³/mol. The number of aromatic nitrogens is 3. The van der Waals surface area contributed by atoms with Gasteiger partial charge in [0.1, 0.15) is 0 Å². The Morgan fingerprint density at radius 2 is 2.08 bits per heavy atom. The number of thioether (sulfide) groups is 1. The molecule has 0 saturated heterocycles. The lowest BCUT2D eigenvalue weighted by Gasteiger charge is -2.10. The summed E-state index contributed by atoms with van der Waals surface area (Å²) < 4.78 is 7.51. The van der Waals surface area contributed by atoms with Crippen LogP contribution in [-0.2, 0) is 16.1 Å². The number of carbonyl (C=O) groups is 1. The molecule has 26 heavy (non-hydrogen) atoms. The highest BCUT2D eigenvalue weighted by atomic mass is 32.2. The van der Waals surface area contributed by atoms with Crippen molar-refractivity contribution >= 4 is 17.7 Å². The maximum absolute atomic E-state index is 12.0. The van der Waals surface area contributed by atoms with E-state index in [4.69, 9.17) is 4.74 Å². The number of nitrogens with zero attached hydrogens (tertiary/aromatic N) is 3. The number of ether oxygens (including phenoxy) is 1. The molecule has 0 bridgehead atoms. The molecule has 2 aromatic rings. The molecule has 0 fully saturated rings. The fourth-order valence-electron chi connectivity index (χ4n) is 2.50. The van der Waals surface area contributed by atoms with Gasteiger partial charge in [0.05, 0.1) is 11.9 Å². The number of rotatable bonds is 10. The monoisotopic (exact) mass is 376 g/mol. The normalized spacial score (nSPS) is 11.1. The summed E-state index contributed by atoms with van der Waals surface area (Å²) in [6.07, 6.45) is 1.04. The van der Waals surface area contributed by atoms with Crippen molar-refractivity contribution in [2.24, 2.45) is 0 Å². The Kier molecular flexibility index (Phi) is 8.12. The fourth-order valence-corrected chi connectivity index (χ4v) is 3.34. The van der Waals surface area contributed by atoms with Gasteiger partial charge in [-0.2, -0.15) is 0 Å². The summed E-state index contributed by atoms with van der Waals surface area (Å²) in [5.74, 6) is 1.18. The van der Waals surface area contributed by atoms with Gasteiger partial charge < -0.3 is 14.6 Å². The molecule has 1 heterocycles. The third-order valence-corrected chi connectivity index (χ3v) is 4.81. The minimum Gasteiger partial charge on any atom is -0.379 e. The SMILES string of the molecule is CCn1c(SCC(=O)NCCCOC(C)C)nnc1-c1ccccc1C. The second kappa shape index (κ2) is 10.3. The first-order valence-corrected chi connectivity index (χ1v) is 10.0. The van der Waals surface area contributed by atoms with Crippen molar-refractivity contribution in [3.8, 4) is 11.4 Å². The summed E-state index contributed by atoms with van der Waals surface area (Å²) in [5, 5.41) is 12.3. The number of benzene rings is 1. The van der Waals surface area contributed by atoms with Crippen LogP contribution >= 0.6 is 11.8 Å². The second-order valence-electron chi connectivity index (χ2n) is 6.28. The largest absolute Gasteiger partial charge is 0.379 e. The Morgan fingerprint density at radius 1 is 1.31 bits per heavy atom. The van der Waals surface area contributed by atoms with Crippen molar-refractivity contribution in [1.82, 2.24) is 20.1 Å². The molecule has 0 aliphatic carbocycles. The molecular weight excluding hydrogens is 348 g/mol. The lowest BCUT2D eigenvalue weighted by molar-refractivity contribution is -0.118. The van der Waals surface area contributed by atoms with Crippen LogP contribution in [0.15, 0.2) is 29.4 Å². The topological polar surface area (TPSA) is 69.0 Å². The van der Waals surface area contributed by atoms with E-state index in [0.29, 0.717) is 18.9 Å². The highest BCUT2D eigenvalue weighted by molar-refractivity contribution is 7.99. The van der Waals surface area contributed by atoms with Gasteiger partial charge in [0.2, 0.25) is 5.91 Å². The van der Waals surface area contributed by atoms with Crippen LogP contribution in [0.25, 0.3) is 11.4 Å². The number of hydrogen-bond acceptors (Lipinski definition) is 5. The van der Waals surface area contributed by atoms with Crippen molar-refractivity contribution in [2.75, 3.05) is 18.9 Å². The first kappa shape index (κ1) is 20.5. The molecule has 0 spiro atoms. The van der Waals surface area contributed by atoms with Gasteiger partial charge >= 0.3 is 0 Å². The number of carbonyl (C=O) groups excluding carboxylic acids is 1. The molecule has 1 aromatic carbocycles. The molecule has 0 aliphatic rings. The van der Waals surface area contributed by atoms with E-state index in [0.717, 1.165) is 35.1 Å². The second-order valence-corrected chi connectivity index (χ2v) is 7.22. The number of aryl methyl sites for hydroxylation is 1. The smallest absolute Gasteiger partial charge is 0.230 e. The Bertz CT molecular complexity index is 715. The van der Waals surface area contributed by atoms with E-state index in [9.17, 15) is 4.79 Å². The summed E-state index contributed by atoms with van der Waals surface area (Å²) in [6.45, 7) is 10.2. The Labute approximate surface area is 159 Å². The minimum absolute atomic E-state index is 0.00245. The molecule has 1 aromatic heterocycles. The summed E-state index contributed by atoms with van der Waals surface area (Å²) in [7, 11) is 0. The highest BCUT2D eigenvalue weighted by Gasteiger charge is 2.15. The number of nitrogens with one attached hydrogen (secondary N) is 1. The maximum Gasteiger partial charge on any atom is 0.230 e. The van der Waals surface area contributed by atoms with Gasteiger partial charge in [-0.05, 0) is 39.7 Å². The first-order chi connectivity index (χ1) is 12.5. The summed E-state index contributed by atoms with van der Waals surface area (Å²) in [4.78, 5) is 12.0. The van der Waals surface area contributed by atoms with Crippen molar-refractivity contribution in [2.45, 2.75) is 51.9 Å². The van der Waals surface area contributed by atoms with Crippen LogP contribution in [0.4, 0.5) is 0 Å². The van der Waals surface area contributed by atoms with Crippen molar-refractivity contribution in [1.29, 1.82) is 0 Å². The third-order valence-electron chi connectivity index (χ3n) is 3.85. The zero-order valence-corrected chi connectivity index (χ0v) is 16.8. The minimum atomic E-state index is 0.00245. The summed E-state index contributed by atoms with van der Waals surface area (Å²) in [6, 6.07) is 8.12. The Hall–Kier alpha value is -1.86. The van der Waals surface area contributed by atoms with E-state index in [1.54, 1.807) is 0 Å². The molecule has 6 nitrogen and oxygen atoms in total. The molecular formula is C19H28N4O2S. The van der Waals surface area contributed by atoms with Gasteiger partial charge in [0, 0.05) is 25.3 Å². The molecule has 7 heteroatoms. The van der Waals surface area contributed by atoms with E-state index in [1.807, 2.05) is 32.0 Å². The average molecular weight is 377 g/mol. The van der Waals surface area contributed by atoms with E-state index in [2.05, 4.69) is 40.0 Å². The summed E-state index contributed by atoms with van der Waals surface area (Å²) in [5.41, 5.74) is 2.23. The fraction of sp³-hybridized carbons (Fsp3) is 0.526. The van der Waals surface area contributed by atoms with Gasteiger partial charge in [-0.1, -0.05) is 36.0 Å². The van der Waals surface area contributed by atoms with Crippen LogP contribution < -0.4 is 5.32 Å². The predicted octanol–water partition coefficient (Wildman–Crippen LogP) is 3.30. The van der Waals surface area contributed by atoms with Crippen LogP contribution in [0, 0.1) is 6.92 Å². The molecule has 142 valence electrons. The van der Waals surface area contributed by atoms with Crippen molar-refractivity contribution < 1.29 is 9.53 Å². The van der Waals surface area contributed by atoms with Crippen LogP contribution in [0.2, 0.25) is 0 Å². The molecule has 0 unspecified atom stereocenters. The molecule has 1 amide bonds. The molecule has 0 aliphatic heterocycles. The Morgan fingerprint density at radius 3 is 2.77 bits per heavy atom. The number of amides is 1. The zero-order chi connectivity index (χ0) is 18.9. The maximum atomic E-state index is 12.0. The van der Waals surface area contributed by atoms with Crippen LogP contribution in [0.1, 0.15) is 32.8 Å². The lowest BCUT2D eigenvalue weighted by Crippen LogP contribution is -2.27. The summed E-state index contributed by atoms with van der Waals surface area (Å²) >= 11 is 1.42. The third kappa shape index (κ3) is 5.85. The quantitative estimate of drug-likeness (QED) is 0.509. The van der Waals surface area contributed by atoms with Crippen molar-refractivity contribution in [3.05, 3.63) is 29.8 Å². The van der Waals surface area contributed by atoms with Gasteiger partial charge in [-0.25, -0.2) is 0 Å². The Balaban J connectivity index is 1.88. The molecule has 0 saturated carbocycles. The van der Waals surface area contributed by atoms with Gasteiger partial charge in [0.15, 0.2) is 11.0 Å². The molecule has 2 rings (SSSR count). The van der Waals surface area contributed by atoms with Gasteiger partial charge in [-0.3, -0.25) is 4.79 Å². The van der Waals surface area contributed by atoms with Crippen LogP contribution in [0.5, 0.6) is 0 Å². The van der Waals surface area contributed by atoms with E-state index < -0.39 is 0 Å². The average Bonchev–Trinajstić information content (AvgIpc) is 3.02. The van der Waals surface area contributed by atoms with E-state index >= 15 is 0 Å². The van der Waals surface area contributed by atoms with E-state index in [1.165, 1.54) is 11.8 Å². The van der Waals surface area contributed by atoms with Crippen LogP contribution in [0.3, 0.4) is 0 Å². The number of hydrogen-bond donors (Lipinski definition) is 1. The first-order valence-electron chi connectivity index (χ1n) is 9.03.